The summed E-state index contributed by atoms with van der Waals surface area (Å²) in [5.41, 5.74) is 5.27. The van der Waals surface area contributed by atoms with Crippen molar-refractivity contribution in [2.75, 3.05) is 10.2 Å². The van der Waals surface area contributed by atoms with Crippen molar-refractivity contribution in [2.24, 2.45) is 0 Å². The Kier molecular flexibility index (Phi) is 5.32. The Morgan fingerprint density at radius 3 is 2.70 bits per heavy atom. The van der Waals surface area contributed by atoms with Crippen molar-refractivity contribution < 1.29 is 4.79 Å². The Morgan fingerprint density at radius 2 is 2.00 bits per heavy atom. The Balaban J connectivity index is 1.91. The molecule has 1 atom stereocenters. The van der Waals surface area contributed by atoms with Gasteiger partial charge in [-0.15, -0.1) is 0 Å². The van der Waals surface area contributed by atoms with Gasteiger partial charge < -0.3 is 10.2 Å². The molecular formula is C23H25N3O. The molecule has 1 aliphatic rings. The number of hydrogen-bond donors (Lipinski definition) is 1. The van der Waals surface area contributed by atoms with Gasteiger partial charge in [-0.2, -0.15) is 5.26 Å². The first-order valence-electron chi connectivity index (χ1n) is 9.31. The first kappa shape index (κ1) is 18.7. The molecule has 1 aliphatic heterocycles. The van der Waals surface area contributed by atoms with Gasteiger partial charge in [-0.1, -0.05) is 50.2 Å². The normalized spacial score (nSPS) is 16.2. The second kappa shape index (κ2) is 7.67. The highest BCUT2D eigenvalue weighted by molar-refractivity contribution is 6.07. The molecular weight excluding hydrogens is 334 g/mol. The van der Waals surface area contributed by atoms with E-state index in [0.29, 0.717) is 0 Å². The average molecular weight is 359 g/mol. The van der Waals surface area contributed by atoms with Crippen molar-refractivity contribution in [3.05, 3.63) is 70.9 Å². The predicted octanol–water partition coefficient (Wildman–Crippen LogP) is 4.92. The number of para-hydroxylation sites is 2. The summed E-state index contributed by atoms with van der Waals surface area (Å²) in [6.07, 6.45) is 2.58. The number of carbonyl (C=O) groups is 1. The van der Waals surface area contributed by atoms with E-state index < -0.39 is 0 Å². The van der Waals surface area contributed by atoms with Crippen LogP contribution < -0.4 is 10.2 Å². The third-order valence-electron chi connectivity index (χ3n) is 5.06. The molecule has 0 radical (unpaired) electrons. The number of nitrogens with one attached hydrogen (secondary N) is 1. The number of rotatable bonds is 4. The first-order chi connectivity index (χ1) is 12.9. The second-order valence-corrected chi connectivity index (χ2v) is 7.39. The third-order valence-corrected chi connectivity index (χ3v) is 5.06. The van der Waals surface area contributed by atoms with Gasteiger partial charge in [0.05, 0.1) is 0 Å². The van der Waals surface area contributed by atoms with E-state index in [0.717, 1.165) is 28.9 Å². The van der Waals surface area contributed by atoms with Gasteiger partial charge in [0.1, 0.15) is 11.6 Å². The maximum atomic E-state index is 12.8. The fourth-order valence-electron chi connectivity index (χ4n) is 3.59. The number of amides is 1. The molecule has 0 aromatic heterocycles. The van der Waals surface area contributed by atoms with Crippen molar-refractivity contribution in [1.82, 2.24) is 0 Å². The molecule has 3 rings (SSSR count). The molecule has 4 heteroatoms. The van der Waals surface area contributed by atoms with Crippen LogP contribution in [-0.4, -0.2) is 11.9 Å². The van der Waals surface area contributed by atoms with Gasteiger partial charge in [0.15, 0.2) is 0 Å². The third kappa shape index (κ3) is 3.73. The van der Waals surface area contributed by atoms with Gasteiger partial charge in [0.25, 0.3) is 5.91 Å². The fraction of sp³-hybridized carbons (Fsp3) is 0.304. The number of carbonyl (C=O) groups excluding carboxylic acids is 1. The molecule has 2 aromatic rings. The number of nitrogens with zero attached hydrogens (tertiary/aromatic N) is 2. The van der Waals surface area contributed by atoms with Gasteiger partial charge in [0.2, 0.25) is 0 Å². The van der Waals surface area contributed by atoms with E-state index in [1.807, 2.05) is 48.2 Å². The molecule has 4 nitrogen and oxygen atoms in total. The zero-order valence-electron chi connectivity index (χ0n) is 16.3. The number of aryl methyl sites for hydroxylation is 1. The Morgan fingerprint density at radius 1 is 1.26 bits per heavy atom. The van der Waals surface area contributed by atoms with Crippen LogP contribution in [0.3, 0.4) is 0 Å². The maximum Gasteiger partial charge on any atom is 0.267 e. The van der Waals surface area contributed by atoms with Crippen LogP contribution in [0, 0.1) is 18.3 Å². The fourth-order valence-corrected chi connectivity index (χ4v) is 3.59. The van der Waals surface area contributed by atoms with Gasteiger partial charge in [-0.05, 0) is 48.9 Å². The summed E-state index contributed by atoms with van der Waals surface area (Å²) in [5.74, 6) is -0.0922. The predicted molar refractivity (Wildman–Crippen MR) is 110 cm³/mol. The van der Waals surface area contributed by atoms with Crippen LogP contribution in [0.15, 0.2) is 54.2 Å². The quantitative estimate of drug-likeness (QED) is 0.623. The molecule has 2 aromatic carbocycles. The second-order valence-electron chi connectivity index (χ2n) is 7.39. The molecule has 1 unspecified atom stereocenters. The molecule has 1 amide bonds. The zero-order chi connectivity index (χ0) is 19.6. The largest absolute Gasteiger partial charge is 0.343 e. The molecule has 0 spiro atoms. The van der Waals surface area contributed by atoms with Crippen LogP contribution in [0.4, 0.5) is 11.4 Å². The standard InChI is InChI=1S/C23H25N3O/c1-15(2)20-10-7-8-16(3)22(20)25-23(27)19(13-24)14-26-17(4)12-18-9-5-6-11-21(18)26/h5-11,14-15,17H,12H2,1-4H3,(H,25,27)/b19-14-. The van der Waals surface area contributed by atoms with Crippen molar-refractivity contribution in [3.63, 3.8) is 0 Å². The zero-order valence-corrected chi connectivity index (χ0v) is 16.3. The lowest BCUT2D eigenvalue weighted by Gasteiger charge is -2.21. The molecule has 0 bridgehead atoms. The molecule has 0 aliphatic carbocycles. The summed E-state index contributed by atoms with van der Waals surface area (Å²) < 4.78 is 0. The number of anilines is 2. The van der Waals surface area contributed by atoms with Crippen LogP contribution in [-0.2, 0) is 11.2 Å². The van der Waals surface area contributed by atoms with E-state index in [-0.39, 0.29) is 23.4 Å². The Labute approximate surface area is 161 Å². The molecule has 0 fully saturated rings. The highest BCUT2D eigenvalue weighted by Crippen LogP contribution is 2.33. The lowest BCUT2D eigenvalue weighted by molar-refractivity contribution is -0.112. The number of nitriles is 1. The van der Waals surface area contributed by atoms with Crippen molar-refractivity contribution in [2.45, 2.75) is 46.1 Å². The van der Waals surface area contributed by atoms with E-state index in [4.69, 9.17) is 0 Å². The Hall–Kier alpha value is -3.06. The monoisotopic (exact) mass is 359 g/mol. The first-order valence-corrected chi connectivity index (χ1v) is 9.31. The molecule has 27 heavy (non-hydrogen) atoms. The molecule has 1 heterocycles. The van der Waals surface area contributed by atoms with Crippen molar-refractivity contribution in [1.29, 1.82) is 5.26 Å². The van der Waals surface area contributed by atoms with Gasteiger partial charge in [-0.3, -0.25) is 4.79 Å². The summed E-state index contributed by atoms with van der Waals surface area (Å²) >= 11 is 0. The SMILES string of the molecule is Cc1cccc(C(C)C)c1NC(=O)/C(C#N)=C\N1c2ccccc2CC1C. The summed E-state index contributed by atoms with van der Waals surface area (Å²) in [6.45, 7) is 8.25. The minimum atomic E-state index is -0.370. The minimum Gasteiger partial charge on any atom is -0.343 e. The summed E-state index contributed by atoms with van der Waals surface area (Å²) in [7, 11) is 0. The van der Waals surface area contributed by atoms with Gasteiger partial charge >= 0.3 is 0 Å². The van der Waals surface area contributed by atoms with E-state index in [1.165, 1.54) is 5.56 Å². The minimum absolute atomic E-state index is 0.108. The topological polar surface area (TPSA) is 56.1 Å². The van der Waals surface area contributed by atoms with Gasteiger partial charge in [0, 0.05) is 23.6 Å². The van der Waals surface area contributed by atoms with E-state index >= 15 is 0 Å². The summed E-state index contributed by atoms with van der Waals surface area (Å²) in [6, 6.07) is 16.4. The van der Waals surface area contributed by atoms with Crippen molar-refractivity contribution in [3.8, 4) is 6.07 Å². The summed E-state index contributed by atoms with van der Waals surface area (Å²) in [4.78, 5) is 14.9. The lowest BCUT2D eigenvalue weighted by Crippen LogP contribution is -2.26. The highest BCUT2D eigenvalue weighted by Gasteiger charge is 2.25. The molecule has 138 valence electrons. The molecule has 0 saturated heterocycles. The highest BCUT2D eigenvalue weighted by atomic mass is 16.1. The average Bonchev–Trinajstić information content (AvgIpc) is 2.96. The van der Waals surface area contributed by atoms with Crippen LogP contribution >= 0.6 is 0 Å². The number of benzene rings is 2. The van der Waals surface area contributed by atoms with E-state index in [9.17, 15) is 10.1 Å². The maximum absolute atomic E-state index is 12.8. The summed E-state index contributed by atoms with van der Waals surface area (Å²) in [5, 5.41) is 12.6. The van der Waals surface area contributed by atoms with Crippen LogP contribution in [0.1, 0.15) is 43.4 Å². The van der Waals surface area contributed by atoms with Crippen molar-refractivity contribution >= 4 is 17.3 Å². The van der Waals surface area contributed by atoms with E-state index in [1.54, 1.807) is 6.20 Å². The smallest absolute Gasteiger partial charge is 0.267 e. The molecule has 1 N–H and O–H groups in total. The molecule has 0 saturated carbocycles. The number of fused-ring (bicyclic) bond motifs is 1. The van der Waals surface area contributed by atoms with Crippen LogP contribution in [0.5, 0.6) is 0 Å². The van der Waals surface area contributed by atoms with Crippen LogP contribution in [0.25, 0.3) is 0 Å². The Bertz CT molecular complexity index is 937. The number of hydrogen-bond acceptors (Lipinski definition) is 3. The lowest BCUT2D eigenvalue weighted by atomic mass is 9.98. The van der Waals surface area contributed by atoms with Crippen LogP contribution in [0.2, 0.25) is 0 Å². The van der Waals surface area contributed by atoms with E-state index in [2.05, 4.69) is 38.2 Å². The van der Waals surface area contributed by atoms with Gasteiger partial charge in [-0.25, -0.2) is 0 Å².